The predicted octanol–water partition coefficient (Wildman–Crippen LogP) is 4.20. The Morgan fingerprint density at radius 2 is 0.882 bits per heavy atom. The monoisotopic (exact) mass is 460 g/mol. The molecule has 0 radical (unpaired) electrons. The Kier molecular flexibility index (Phi) is 6.10. The van der Waals surface area contributed by atoms with E-state index in [1.165, 1.54) is 0 Å². The first kappa shape index (κ1) is 21.5. The summed E-state index contributed by atoms with van der Waals surface area (Å²) in [5, 5.41) is 0. The van der Waals surface area contributed by atoms with Gasteiger partial charge in [-0.2, -0.15) is 0 Å². The van der Waals surface area contributed by atoms with Crippen LogP contribution in [0.2, 0.25) is 0 Å². The summed E-state index contributed by atoms with van der Waals surface area (Å²) in [7, 11) is 0. The van der Waals surface area contributed by atoms with Crippen molar-refractivity contribution in [3.63, 3.8) is 0 Å². The molecule has 0 aliphatic carbocycles. The second-order valence-corrected chi connectivity index (χ2v) is 8.95. The topological polar surface area (TPSA) is 65.3 Å². The van der Waals surface area contributed by atoms with Crippen molar-refractivity contribution in [2.24, 2.45) is 0 Å². The average molecular weight is 461 g/mol. The summed E-state index contributed by atoms with van der Waals surface area (Å²) in [5.41, 5.74) is 3.42. The van der Waals surface area contributed by atoms with Crippen LogP contribution in [0.15, 0.2) is 72.8 Å². The first-order valence-corrected chi connectivity index (χ1v) is 11.8. The maximum Gasteiger partial charge on any atom is 0.119 e. The average Bonchev–Trinajstić information content (AvgIpc) is 3.71. The van der Waals surface area contributed by atoms with E-state index in [2.05, 4.69) is 36.4 Å². The van der Waals surface area contributed by atoms with Crippen LogP contribution in [0.25, 0.3) is 0 Å². The number of epoxide rings is 3. The van der Waals surface area contributed by atoms with Crippen LogP contribution in [-0.2, 0) is 14.2 Å². The minimum absolute atomic E-state index is 0.0119. The van der Waals surface area contributed by atoms with Crippen LogP contribution in [0.4, 0.5) is 0 Å². The van der Waals surface area contributed by atoms with E-state index in [1.54, 1.807) is 0 Å². The Balaban J connectivity index is 1.31. The molecule has 0 spiro atoms. The number of ether oxygens (including phenoxy) is 6. The quantitative estimate of drug-likeness (QED) is 0.298. The maximum absolute atomic E-state index is 5.98. The predicted molar refractivity (Wildman–Crippen MR) is 126 cm³/mol. The zero-order chi connectivity index (χ0) is 22.7. The highest BCUT2D eigenvalue weighted by Crippen LogP contribution is 2.36. The molecule has 3 aromatic carbocycles. The minimum Gasteiger partial charge on any atom is -0.491 e. The molecule has 6 rings (SSSR count). The van der Waals surface area contributed by atoms with Crippen molar-refractivity contribution in [3.8, 4) is 17.2 Å². The van der Waals surface area contributed by atoms with Gasteiger partial charge in [-0.15, -0.1) is 0 Å². The van der Waals surface area contributed by atoms with Crippen LogP contribution in [0, 0.1) is 0 Å². The van der Waals surface area contributed by atoms with Gasteiger partial charge in [0.15, 0.2) is 0 Å². The van der Waals surface area contributed by atoms with E-state index in [1.807, 2.05) is 36.4 Å². The van der Waals surface area contributed by atoms with Crippen molar-refractivity contribution < 1.29 is 28.4 Å². The Labute approximate surface area is 199 Å². The summed E-state index contributed by atoms with van der Waals surface area (Å²) in [4.78, 5) is 0. The lowest BCUT2D eigenvalue weighted by Gasteiger charge is -2.21. The molecule has 0 aromatic heterocycles. The molecule has 176 valence electrons. The molecule has 0 amide bonds. The van der Waals surface area contributed by atoms with Crippen LogP contribution in [0.3, 0.4) is 0 Å². The molecule has 6 nitrogen and oxygen atoms in total. The van der Waals surface area contributed by atoms with E-state index in [-0.39, 0.29) is 24.2 Å². The fourth-order valence-corrected chi connectivity index (χ4v) is 3.99. The lowest BCUT2D eigenvalue weighted by Crippen LogP contribution is -2.08. The second-order valence-electron chi connectivity index (χ2n) is 8.95. The highest BCUT2D eigenvalue weighted by atomic mass is 16.6. The van der Waals surface area contributed by atoms with Gasteiger partial charge in [0.2, 0.25) is 0 Å². The zero-order valence-corrected chi connectivity index (χ0v) is 18.9. The van der Waals surface area contributed by atoms with Gasteiger partial charge in [-0.1, -0.05) is 36.4 Å². The molecule has 0 N–H and O–H groups in total. The van der Waals surface area contributed by atoms with E-state index >= 15 is 0 Å². The van der Waals surface area contributed by atoms with Crippen LogP contribution in [0.1, 0.15) is 22.6 Å². The molecule has 3 aliphatic heterocycles. The molecule has 3 aromatic rings. The summed E-state index contributed by atoms with van der Waals surface area (Å²) in [5.74, 6) is 2.51. The Morgan fingerprint density at radius 3 is 1.18 bits per heavy atom. The number of hydrogen-bond donors (Lipinski definition) is 0. The highest BCUT2D eigenvalue weighted by molar-refractivity contribution is 5.48. The molecule has 3 aliphatic rings. The van der Waals surface area contributed by atoms with Crippen molar-refractivity contribution >= 4 is 0 Å². The van der Waals surface area contributed by atoms with E-state index in [4.69, 9.17) is 28.4 Å². The van der Waals surface area contributed by atoms with Crippen molar-refractivity contribution in [2.45, 2.75) is 24.2 Å². The summed E-state index contributed by atoms with van der Waals surface area (Å²) in [6, 6.07) is 24.9. The van der Waals surface area contributed by atoms with Crippen molar-refractivity contribution in [1.29, 1.82) is 0 Å². The van der Waals surface area contributed by atoms with Gasteiger partial charge in [-0.25, -0.2) is 0 Å². The minimum atomic E-state index is -0.0119. The SMILES string of the molecule is c1cc(OCC2CO2)cc(C(c2cccc(OCC3CO3)c2)c2cccc(OCC3CO3)c2)c1. The largest absolute Gasteiger partial charge is 0.491 e. The summed E-state index contributed by atoms with van der Waals surface area (Å²) >= 11 is 0. The summed E-state index contributed by atoms with van der Waals surface area (Å²) < 4.78 is 33.8. The van der Waals surface area contributed by atoms with Gasteiger partial charge in [0, 0.05) is 5.92 Å². The third-order valence-electron chi connectivity index (χ3n) is 6.09. The summed E-state index contributed by atoms with van der Waals surface area (Å²) in [6.07, 6.45) is 0.647. The lowest BCUT2D eigenvalue weighted by molar-refractivity contribution is 0.262. The molecular weight excluding hydrogens is 432 g/mol. The van der Waals surface area contributed by atoms with E-state index in [9.17, 15) is 0 Å². The van der Waals surface area contributed by atoms with Gasteiger partial charge in [0.05, 0.1) is 19.8 Å². The van der Waals surface area contributed by atoms with Crippen molar-refractivity contribution in [3.05, 3.63) is 89.5 Å². The molecule has 3 heterocycles. The smallest absolute Gasteiger partial charge is 0.119 e. The molecule has 3 unspecified atom stereocenters. The van der Waals surface area contributed by atoms with E-state index < -0.39 is 0 Å². The zero-order valence-electron chi connectivity index (χ0n) is 18.9. The van der Waals surface area contributed by atoms with Gasteiger partial charge in [0.25, 0.3) is 0 Å². The first-order chi connectivity index (χ1) is 16.8. The fourth-order valence-electron chi connectivity index (χ4n) is 3.99. The maximum atomic E-state index is 5.98. The van der Waals surface area contributed by atoms with Gasteiger partial charge in [-0.3, -0.25) is 0 Å². The standard InChI is InChI=1S/C28H28O6/c1-4-19(10-22(7-1)29-13-25-16-32-25)28(20-5-2-8-23(11-20)30-14-26-17-33-26)21-6-3-9-24(12-21)31-15-27-18-34-27/h1-12,25-28H,13-18H2. The normalized spacial score (nSPS) is 23.1. The molecular formula is C28H28O6. The molecule has 3 atom stereocenters. The van der Waals surface area contributed by atoms with E-state index in [0.717, 1.165) is 53.8 Å². The van der Waals surface area contributed by atoms with Crippen LogP contribution < -0.4 is 14.2 Å². The molecule has 3 fully saturated rings. The van der Waals surface area contributed by atoms with Gasteiger partial charge < -0.3 is 28.4 Å². The number of benzene rings is 3. The van der Waals surface area contributed by atoms with Crippen LogP contribution in [0.5, 0.6) is 17.2 Å². The van der Waals surface area contributed by atoms with Crippen LogP contribution in [-0.4, -0.2) is 58.0 Å². The Hall–Kier alpha value is -3.06. The van der Waals surface area contributed by atoms with Gasteiger partial charge in [-0.05, 0) is 53.1 Å². The fraction of sp³-hybridized carbons (Fsp3) is 0.357. The lowest BCUT2D eigenvalue weighted by atomic mass is 9.85. The third kappa shape index (κ3) is 5.70. The van der Waals surface area contributed by atoms with Gasteiger partial charge in [0.1, 0.15) is 55.4 Å². The van der Waals surface area contributed by atoms with Crippen LogP contribution >= 0.6 is 0 Å². The first-order valence-electron chi connectivity index (χ1n) is 11.8. The molecule has 6 heteroatoms. The molecule has 3 saturated heterocycles. The number of hydrogen-bond acceptors (Lipinski definition) is 6. The molecule has 34 heavy (non-hydrogen) atoms. The highest BCUT2D eigenvalue weighted by Gasteiger charge is 2.26. The Bertz CT molecular complexity index is 978. The third-order valence-corrected chi connectivity index (χ3v) is 6.09. The molecule has 0 saturated carbocycles. The van der Waals surface area contributed by atoms with Crippen molar-refractivity contribution in [1.82, 2.24) is 0 Å². The summed E-state index contributed by atoms with van der Waals surface area (Å²) in [6.45, 7) is 4.06. The molecule has 0 bridgehead atoms. The Morgan fingerprint density at radius 1 is 0.559 bits per heavy atom. The van der Waals surface area contributed by atoms with E-state index in [0.29, 0.717) is 19.8 Å². The number of rotatable bonds is 12. The van der Waals surface area contributed by atoms with Gasteiger partial charge >= 0.3 is 0 Å². The second kappa shape index (κ2) is 9.66. The van der Waals surface area contributed by atoms with Crippen molar-refractivity contribution in [2.75, 3.05) is 39.6 Å².